The maximum atomic E-state index is 12.3. The lowest BCUT2D eigenvalue weighted by Crippen LogP contribution is -2.36. The Hall–Kier alpha value is -2.90. The van der Waals surface area contributed by atoms with Gasteiger partial charge in [0.05, 0.1) is 18.8 Å². The Kier molecular flexibility index (Phi) is 5.61. The predicted octanol–water partition coefficient (Wildman–Crippen LogP) is 5.67. The summed E-state index contributed by atoms with van der Waals surface area (Å²) in [7, 11) is 0. The number of benzene rings is 2. The van der Waals surface area contributed by atoms with Gasteiger partial charge in [0.1, 0.15) is 4.88 Å². The molecule has 1 saturated heterocycles. The molecule has 32 heavy (non-hydrogen) atoms. The van der Waals surface area contributed by atoms with Gasteiger partial charge in [-0.05, 0) is 55.7 Å². The van der Waals surface area contributed by atoms with Crippen LogP contribution >= 0.6 is 11.3 Å². The summed E-state index contributed by atoms with van der Waals surface area (Å²) in [6, 6.07) is 14.3. The van der Waals surface area contributed by atoms with E-state index in [1.165, 1.54) is 23.8 Å². The average Bonchev–Trinajstić information content (AvgIpc) is 3.23. The zero-order valence-corrected chi connectivity index (χ0v) is 19.0. The molecule has 2 N–H and O–H groups in total. The lowest BCUT2D eigenvalue weighted by atomic mass is 9.76. The van der Waals surface area contributed by atoms with Crippen molar-refractivity contribution in [2.24, 2.45) is 5.92 Å². The Bertz CT molecular complexity index is 1170. The molecule has 7 heteroatoms. The number of nitrogens with one attached hydrogen (secondary N) is 2. The highest BCUT2D eigenvalue weighted by atomic mass is 32.1. The fraction of sp³-hybridized carbons (Fsp3) is 0.360. The monoisotopic (exact) mass is 450 g/mol. The summed E-state index contributed by atoms with van der Waals surface area (Å²) in [5.41, 5.74) is 4.15. The van der Waals surface area contributed by atoms with E-state index in [0.717, 1.165) is 46.5 Å². The van der Waals surface area contributed by atoms with Crippen molar-refractivity contribution >= 4 is 44.7 Å². The second kappa shape index (κ2) is 8.56. The van der Waals surface area contributed by atoms with Gasteiger partial charge in [-0.15, -0.1) is 11.3 Å². The molecule has 3 unspecified atom stereocenters. The van der Waals surface area contributed by atoms with Gasteiger partial charge in [-0.2, -0.15) is 0 Å². The zero-order chi connectivity index (χ0) is 22.2. The van der Waals surface area contributed by atoms with Gasteiger partial charge in [-0.1, -0.05) is 12.1 Å². The molecule has 0 radical (unpaired) electrons. The van der Waals surface area contributed by atoms with E-state index in [4.69, 9.17) is 9.47 Å². The Labute approximate surface area is 190 Å². The summed E-state index contributed by atoms with van der Waals surface area (Å²) >= 11 is 1.47. The molecule has 1 aromatic heterocycles. The number of ether oxygens (including phenoxy) is 2. The number of carbonyl (C=O) groups excluding carboxylic acids is 2. The van der Waals surface area contributed by atoms with Gasteiger partial charge in [0.15, 0.2) is 0 Å². The van der Waals surface area contributed by atoms with E-state index in [2.05, 4.69) is 34.9 Å². The van der Waals surface area contributed by atoms with Crippen LogP contribution in [0.5, 0.6) is 0 Å². The van der Waals surface area contributed by atoms with Crippen molar-refractivity contribution in [1.29, 1.82) is 0 Å². The van der Waals surface area contributed by atoms with Gasteiger partial charge in [-0.3, -0.25) is 4.79 Å². The van der Waals surface area contributed by atoms with Gasteiger partial charge in [-0.25, -0.2) is 4.79 Å². The van der Waals surface area contributed by atoms with Crippen molar-refractivity contribution in [3.63, 3.8) is 0 Å². The van der Waals surface area contributed by atoms with E-state index in [1.54, 1.807) is 0 Å². The van der Waals surface area contributed by atoms with Crippen LogP contribution in [0.15, 0.2) is 42.5 Å². The summed E-state index contributed by atoms with van der Waals surface area (Å²) in [5, 5.41) is 7.65. The highest BCUT2D eigenvalue weighted by molar-refractivity contribution is 7.20. The van der Waals surface area contributed by atoms with Crippen LogP contribution in [0, 0.1) is 5.92 Å². The van der Waals surface area contributed by atoms with Gasteiger partial charge < -0.3 is 20.1 Å². The van der Waals surface area contributed by atoms with E-state index < -0.39 is 0 Å². The van der Waals surface area contributed by atoms with E-state index in [9.17, 15) is 9.59 Å². The molecule has 0 spiro atoms. The molecule has 0 aliphatic carbocycles. The third kappa shape index (κ3) is 3.76. The van der Waals surface area contributed by atoms with Gasteiger partial charge in [0.25, 0.3) is 0 Å². The highest BCUT2D eigenvalue weighted by Gasteiger charge is 2.41. The summed E-state index contributed by atoms with van der Waals surface area (Å²) in [6.45, 7) is 4.43. The first-order chi connectivity index (χ1) is 15.5. The first kappa shape index (κ1) is 21.0. The van der Waals surface area contributed by atoms with Crippen molar-refractivity contribution in [3.05, 3.63) is 58.5 Å². The third-order valence-electron chi connectivity index (χ3n) is 6.20. The number of hydrogen-bond acceptors (Lipinski definition) is 6. The number of hydrogen-bond donors (Lipinski definition) is 2. The largest absolute Gasteiger partial charge is 0.462 e. The number of anilines is 2. The van der Waals surface area contributed by atoms with Crippen molar-refractivity contribution in [1.82, 2.24) is 0 Å². The maximum absolute atomic E-state index is 12.3. The quantitative estimate of drug-likeness (QED) is 0.501. The summed E-state index contributed by atoms with van der Waals surface area (Å²) in [5.74, 6) is -0.0749. The molecule has 0 bridgehead atoms. The van der Waals surface area contributed by atoms with Crippen LogP contribution in [0.25, 0.3) is 10.1 Å². The van der Waals surface area contributed by atoms with Crippen LogP contribution in [-0.2, 0) is 14.3 Å². The second-order valence-electron chi connectivity index (χ2n) is 8.29. The smallest absolute Gasteiger partial charge is 0.348 e. The molecule has 0 saturated carbocycles. The number of thiophene rings is 1. The fourth-order valence-electron chi connectivity index (χ4n) is 4.89. The molecule has 3 heterocycles. The van der Waals surface area contributed by atoms with Crippen molar-refractivity contribution in [2.45, 2.75) is 38.8 Å². The van der Waals surface area contributed by atoms with Crippen LogP contribution in [0.1, 0.15) is 59.6 Å². The van der Waals surface area contributed by atoms with Crippen LogP contribution in [0.3, 0.4) is 0 Å². The number of amides is 1. The minimum absolute atomic E-state index is 0.0339. The molecule has 3 atom stereocenters. The topological polar surface area (TPSA) is 76.7 Å². The SMILES string of the molecule is CCOC(=O)c1cc2c3c(ccc2s1)NC(c1ccc(NC(C)=O)cc1)C1CCCOC31. The molecular formula is C25H26N2O4S. The van der Waals surface area contributed by atoms with Crippen LogP contribution < -0.4 is 10.6 Å². The van der Waals surface area contributed by atoms with Gasteiger partial charge in [0, 0.05) is 46.5 Å². The van der Waals surface area contributed by atoms with Crippen LogP contribution in [0.4, 0.5) is 11.4 Å². The third-order valence-corrected chi connectivity index (χ3v) is 7.28. The molecule has 3 aromatic rings. The first-order valence-electron chi connectivity index (χ1n) is 11.0. The van der Waals surface area contributed by atoms with E-state index in [-0.39, 0.29) is 29.9 Å². The Morgan fingerprint density at radius 2 is 2.03 bits per heavy atom. The molecule has 1 amide bonds. The van der Waals surface area contributed by atoms with Crippen molar-refractivity contribution < 1.29 is 19.1 Å². The van der Waals surface area contributed by atoms with Crippen LogP contribution in [0.2, 0.25) is 0 Å². The van der Waals surface area contributed by atoms with Crippen LogP contribution in [-0.4, -0.2) is 25.1 Å². The van der Waals surface area contributed by atoms with E-state index in [1.807, 2.05) is 25.1 Å². The lowest BCUT2D eigenvalue weighted by Gasteiger charge is -2.43. The number of rotatable bonds is 4. The maximum Gasteiger partial charge on any atom is 0.348 e. The minimum atomic E-state index is -0.274. The first-order valence-corrected chi connectivity index (χ1v) is 11.9. The summed E-state index contributed by atoms with van der Waals surface area (Å²) < 4.78 is 12.6. The molecule has 166 valence electrons. The number of esters is 1. The highest BCUT2D eigenvalue weighted by Crippen LogP contribution is 2.52. The molecule has 2 aliphatic heterocycles. The van der Waals surface area contributed by atoms with Crippen molar-refractivity contribution in [3.8, 4) is 0 Å². The Morgan fingerprint density at radius 1 is 1.22 bits per heavy atom. The van der Waals surface area contributed by atoms with Gasteiger partial charge in [0.2, 0.25) is 5.91 Å². The lowest BCUT2D eigenvalue weighted by molar-refractivity contribution is -0.114. The molecule has 2 aromatic carbocycles. The average molecular weight is 451 g/mol. The summed E-state index contributed by atoms with van der Waals surface area (Å²) in [4.78, 5) is 24.3. The Morgan fingerprint density at radius 3 is 2.78 bits per heavy atom. The van der Waals surface area contributed by atoms with E-state index >= 15 is 0 Å². The normalized spacial score (nSPS) is 21.9. The molecule has 5 rings (SSSR count). The fourth-order valence-corrected chi connectivity index (χ4v) is 5.86. The standard InChI is InChI=1S/C25H26N2O4S/c1-3-30-25(29)21-13-18-20(32-21)11-10-19-22(18)24-17(5-4-12-31-24)23(27-19)15-6-8-16(9-7-15)26-14(2)28/h6-11,13,17,23-24,27H,3-5,12H2,1-2H3,(H,26,28). The second-order valence-corrected chi connectivity index (χ2v) is 9.38. The molecule has 2 aliphatic rings. The predicted molar refractivity (Wildman–Crippen MR) is 126 cm³/mol. The summed E-state index contributed by atoms with van der Waals surface area (Å²) in [6.07, 6.45) is 2.04. The minimum Gasteiger partial charge on any atom is -0.462 e. The molecule has 6 nitrogen and oxygen atoms in total. The molecular weight excluding hydrogens is 424 g/mol. The Balaban J connectivity index is 1.53. The zero-order valence-electron chi connectivity index (χ0n) is 18.1. The molecule has 1 fully saturated rings. The number of carbonyl (C=O) groups is 2. The van der Waals surface area contributed by atoms with Gasteiger partial charge >= 0.3 is 5.97 Å². The number of fused-ring (bicyclic) bond motifs is 5. The van der Waals surface area contributed by atoms with Crippen molar-refractivity contribution in [2.75, 3.05) is 23.8 Å². The van der Waals surface area contributed by atoms with E-state index in [0.29, 0.717) is 11.5 Å².